The van der Waals surface area contributed by atoms with Gasteiger partial charge in [-0.2, -0.15) is 0 Å². The molecule has 10 nitrogen and oxygen atoms in total. The molecule has 4 rings (SSSR count). The topological polar surface area (TPSA) is 127 Å². The third kappa shape index (κ3) is 6.14. The molecule has 3 aliphatic heterocycles. The molecule has 3 amide bonds. The van der Waals surface area contributed by atoms with E-state index in [0.29, 0.717) is 63.4 Å². The maximum Gasteiger partial charge on any atom is 0.242 e. The van der Waals surface area contributed by atoms with Crippen LogP contribution in [0.2, 0.25) is 0 Å². The van der Waals surface area contributed by atoms with E-state index < -0.39 is 11.5 Å². The quantitative estimate of drug-likeness (QED) is 0.604. The molecule has 1 aromatic rings. The Labute approximate surface area is 212 Å². The summed E-state index contributed by atoms with van der Waals surface area (Å²) in [5.74, 6) is 0.217. The Morgan fingerprint density at radius 2 is 1.97 bits per heavy atom. The number of amides is 3. The second-order valence-electron chi connectivity index (χ2n) is 10.9. The number of allylic oxidation sites excluding steroid dienone is 2. The molecule has 2 saturated heterocycles. The summed E-state index contributed by atoms with van der Waals surface area (Å²) in [5.41, 5.74) is 0.496. The summed E-state index contributed by atoms with van der Waals surface area (Å²) in [6, 6.07) is -0.530. The van der Waals surface area contributed by atoms with Gasteiger partial charge in [-0.1, -0.05) is 36.3 Å². The van der Waals surface area contributed by atoms with Gasteiger partial charge in [0.15, 0.2) is 0 Å². The van der Waals surface area contributed by atoms with Crippen LogP contribution in [0.25, 0.3) is 0 Å². The lowest BCUT2D eigenvalue weighted by Gasteiger charge is -2.41. The molecule has 36 heavy (non-hydrogen) atoms. The minimum Gasteiger partial charge on any atom is -0.381 e. The minimum atomic E-state index is -0.657. The molecule has 0 aromatic carbocycles. The number of hydrogen-bond donors (Lipinski definition) is 2. The van der Waals surface area contributed by atoms with E-state index >= 15 is 0 Å². The highest BCUT2D eigenvalue weighted by Crippen LogP contribution is 2.37. The van der Waals surface area contributed by atoms with E-state index in [-0.39, 0.29) is 42.0 Å². The molecule has 0 saturated carbocycles. The number of carbonyl (C=O) groups is 3. The van der Waals surface area contributed by atoms with Crippen molar-refractivity contribution in [3.63, 3.8) is 0 Å². The van der Waals surface area contributed by atoms with Crippen LogP contribution in [0.5, 0.6) is 0 Å². The molecule has 2 fully saturated rings. The van der Waals surface area contributed by atoms with Crippen LogP contribution in [0, 0.1) is 24.2 Å². The third-order valence-electron chi connectivity index (χ3n) is 7.86. The van der Waals surface area contributed by atoms with E-state index in [1.54, 1.807) is 11.8 Å². The number of aryl methyl sites for hydroxylation is 1. The highest BCUT2D eigenvalue weighted by atomic mass is 16.6. The molecule has 4 heterocycles. The predicted octanol–water partition coefficient (Wildman–Crippen LogP) is 1.93. The van der Waals surface area contributed by atoms with Gasteiger partial charge >= 0.3 is 0 Å². The van der Waals surface area contributed by atoms with Gasteiger partial charge < -0.3 is 20.3 Å². The lowest BCUT2D eigenvalue weighted by Crippen LogP contribution is -2.57. The Kier molecular flexibility index (Phi) is 8.43. The normalized spacial score (nSPS) is 28.0. The largest absolute Gasteiger partial charge is 0.381 e. The van der Waals surface area contributed by atoms with E-state index in [4.69, 9.17) is 9.37 Å². The lowest BCUT2D eigenvalue weighted by molar-refractivity contribution is -0.142. The van der Waals surface area contributed by atoms with Gasteiger partial charge in [-0.15, -0.1) is 0 Å². The van der Waals surface area contributed by atoms with E-state index in [0.717, 1.165) is 12.8 Å². The Morgan fingerprint density at radius 3 is 2.67 bits per heavy atom. The number of aromatic nitrogens is 2. The van der Waals surface area contributed by atoms with Gasteiger partial charge in [0.05, 0.1) is 18.4 Å². The highest BCUT2D eigenvalue weighted by molar-refractivity contribution is 5.90. The SMILES string of the molecule is Cc1nonc1CC(=O)N1CCC2(C/C=C/C[C@H]3COCC[C@H]3NC(=O)[C@@H](CC(C)C)NC2=O)CC1. The molecule has 10 heteroatoms. The zero-order valence-electron chi connectivity index (χ0n) is 21.6. The smallest absolute Gasteiger partial charge is 0.242 e. The first-order valence-electron chi connectivity index (χ1n) is 13.2. The summed E-state index contributed by atoms with van der Waals surface area (Å²) < 4.78 is 10.4. The zero-order chi connectivity index (χ0) is 25.7. The average molecular weight is 502 g/mol. The summed E-state index contributed by atoms with van der Waals surface area (Å²) in [6.07, 6.45) is 8.18. The molecular formula is C26H39N5O5. The number of likely N-dealkylation sites (tertiary alicyclic amines) is 1. The van der Waals surface area contributed by atoms with Crippen molar-refractivity contribution < 1.29 is 23.7 Å². The molecule has 0 bridgehead atoms. The predicted molar refractivity (Wildman–Crippen MR) is 132 cm³/mol. The van der Waals surface area contributed by atoms with E-state index in [2.05, 4.69) is 46.9 Å². The number of nitrogens with one attached hydrogen (secondary N) is 2. The number of nitrogens with zero attached hydrogens (tertiary/aromatic N) is 3. The molecule has 198 valence electrons. The van der Waals surface area contributed by atoms with Gasteiger partial charge in [-0.3, -0.25) is 14.4 Å². The minimum absolute atomic E-state index is 0.0480. The van der Waals surface area contributed by atoms with Gasteiger partial charge in [-0.05, 0) is 51.4 Å². The van der Waals surface area contributed by atoms with E-state index in [9.17, 15) is 14.4 Å². The second-order valence-corrected chi connectivity index (χ2v) is 10.9. The highest BCUT2D eigenvalue weighted by Gasteiger charge is 2.43. The molecular weight excluding hydrogens is 462 g/mol. The molecule has 0 radical (unpaired) electrons. The first-order valence-corrected chi connectivity index (χ1v) is 13.2. The number of piperidine rings is 1. The fourth-order valence-corrected chi connectivity index (χ4v) is 5.47. The van der Waals surface area contributed by atoms with Crippen molar-refractivity contribution in [2.24, 2.45) is 17.3 Å². The Hall–Kier alpha value is -2.75. The number of hydrogen-bond acceptors (Lipinski definition) is 7. The molecule has 3 atom stereocenters. The Bertz CT molecular complexity index is 966. The molecule has 3 aliphatic rings. The van der Waals surface area contributed by atoms with Crippen LogP contribution in [0.3, 0.4) is 0 Å². The molecule has 2 N–H and O–H groups in total. The maximum absolute atomic E-state index is 13.7. The van der Waals surface area contributed by atoms with Crippen molar-refractivity contribution in [2.75, 3.05) is 26.3 Å². The second kappa shape index (κ2) is 11.5. The van der Waals surface area contributed by atoms with Crippen molar-refractivity contribution in [3.8, 4) is 0 Å². The van der Waals surface area contributed by atoms with Gasteiger partial charge in [0, 0.05) is 31.7 Å². The molecule has 1 spiro atoms. The molecule has 0 aliphatic carbocycles. The van der Waals surface area contributed by atoms with E-state index in [1.807, 2.05) is 0 Å². The molecule has 1 aromatic heterocycles. The summed E-state index contributed by atoms with van der Waals surface area (Å²) in [4.78, 5) is 41.7. The Balaban J connectivity index is 1.49. The van der Waals surface area contributed by atoms with Crippen molar-refractivity contribution in [3.05, 3.63) is 23.5 Å². The van der Waals surface area contributed by atoms with Crippen LogP contribution in [0.1, 0.15) is 63.8 Å². The fraction of sp³-hybridized carbons (Fsp3) is 0.731. The average Bonchev–Trinajstić information content (AvgIpc) is 3.25. The van der Waals surface area contributed by atoms with Crippen LogP contribution in [-0.4, -0.2) is 71.3 Å². The van der Waals surface area contributed by atoms with Crippen LogP contribution < -0.4 is 10.6 Å². The summed E-state index contributed by atoms with van der Waals surface area (Å²) in [6.45, 7) is 8.09. The first kappa shape index (κ1) is 26.3. The van der Waals surface area contributed by atoms with Gasteiger partial charge in [0.2, 0.25) is 17.7 Å². The van der Waals surface area contributed by atoms with Crippen LogP contribution in [0.15, 0.2) is 16.8 Å². The summed E-state index contributed by atoms with van der Waals surface area (Å²) in [5, 5.41) is 13.9. The number of carbonyl (C=O) groups excluding carboxylic acids is 3. The van der Waals surface area contributed by atoms with Crippen molar-refractivity contribution in [2.45, 2.75) is 77.8 Å². The maximum atomic E-state index is 13.7. The van der Waals surface area contributed by atoms with E-state index in [1.165, 1.54) is 0 Å². The monoisotopic (exact) mass is 501 g/mol. The third-order valence-corrected chi connectivity index (χ3v) is 7.86. The van der Waals surface area contributed by atoms with Crippen LogP contribution >= 0.6 is 0 Å². The van der Waals surface area contributed by atoms with Crippen molar-refractivity contribution in [1.82, 2.24) is 25.8 Å². The zero-order valence-corrected chi connectivity index (χ0v) is 21.6. The summed E-state index contributed by atoms with van der Waals surface area (Å²) >= 11 is 0. The summed E-state index contributed by atoms with van der Waals surface area (Å²) in [7, 11) is 0. The standard InChI is InChI=1S/C26H39N5O5/c1-17(2)14-22-24(33)27-20-7-13-35-16-19(20)6-4-5-8-26(25(34)28-22)9-11-31(12-10-26)23(32)15-21-18(3)29-36-30-21/h4-5,17,19-20,22H,6-16H2,1-3H3,(H,27,33)(H,28,34)/b5-4+/t19-,20+,22+/m0/s1. The van der Waals surface area contributed by atoms with Crippen LogP contribution in [-0.2, 0) is 25.5 Å². The van der Waals surface area contributed by atoms with Crippen molar-refractivity contribution in [1.29, 1.82) is 0 Å². The van der Waals surface area contributed by atoms with Crippen LogP contribution in [0.4, 0.5) is 0 Å². The Morgan fingerprint density at radius 1 is 1.19 bits per heavy atom. The number of rotatable bonds is 4. The number of fused-ring (bicyclic) bond motifs is 1. The fourth-order valence-electron chi connectivity index (χ4n) is 5.47. The van der Waals surface area contributed by atoms with Crippen molar-refractivity contribution >= 4 is 17.7 Å². The molecule has 0 unspecified atom stereocenters. The van der Waals surface area contributed by atoms with Gasteiger partial charge in [0.1, 0.15) is 17.4 Å². The van der Waals surface area contributed by atoms with Gasteiger partial charge in [0.25, 0.3) is 0 Å². The van der Waals surface area contributed by atoms with Gasteiger partial charge in [-0.25, -0.2) is 4.63 Å². The lowest BCUT2D eigenvalue weighted by atomic mass is 9.74. The first-order chi connectivity index (χ1) is 17.3. The number of ether oxygens (including phenoxy) is 1.